The van der Waals surface area contributed by atoms with Crippen molar-refractivity contribution in [2.24, 2.45) is 0 Å². The number of hydrogen-bond acceptors (Lipinski definition) is 11. The van der Waals surface area contributed by atoms with Crippen LogP contribution in [0.4, 0.5) is 10.7 Å². The van der Waals surface area contributed by atoms with Crippen LogP contribution in [0.15, 0.2) is 52.5 Å². The van der Waals surface area contributed by atoms with Gasteiger partial charge in [-0.25, -0.2) is 18.1 Å². The van der Waals surface area contributed by atoms with Gasteiger partial charge in [-0.05, 0) is 44.1 Å². The van der Waals surface area contributed by atoms with Crippen LogP contribution in [0.5, 0.6) is 5.88 Å². The molecule has 14 heteroatoms. The lowest BCUT2D eigenvalue weighted by atomic mass is 10.2. The minimum absolute atomic E-state index is 0.0576. The van der Waals surface area contributed by atoms with Crippen LogP contribution in [0.1, 0.15) is 5.69 Å². The monoisotopic (exact) mass is 543 g/mol. The second kappa shape index (κ2) is 11.6. The molecule has 1 saturated heterocycles. The zero-order valence-electron chi connectivity index (χ0n) is 20.1. The van der Waals surface area contributed by atoms with Crippen LogP contribution >= 0.6 is 11.8 Å². The molecule has 0 aliphatic carbocycles. The van der Waals surface area contributed by atoms with Crippen molar-refractivity contribution in [1.29, 1.82) is 0 Å². The molecule has 0 saturated carbocycles. The number of imide groups is 1. The molecule has 2 amide bonds. The highest BCUT2D eigenvalue weighted by Crippen LogP contribution is 2.26. The lowest BCUT2D eigenvalue weighted by Gasteiger charge is -2.13. The summed E-state index contributed by atoms with van der Waals surface area (Å²) in [4.78, 5) is 38.4. The average Bonchev–Trinajstić information content (AvgIpc) is 3.17. The number of thioether (sulfide) groups is 1. The number of pyridine rings is 1. The number of nitrogens with zero attached hydrogens (tertiary/aromatic N) is 4. The summed E-state index contributed by atoms with van der Waals surface area (Å²) in [7, 11) is 0.0425. The third-order valence-electron chi connectivity index (χ3n) is 5.06. The van der Waals surface area contributed by atoms with E-state index < -0.39 is 21.2 Å². The number of amides is 2. The van der Waals surface area contributed by atoms with E-state index in [1.54, 1.807) is 36.7 Å². The van der Waals surface area contributed by atoms with Gasteiger partial charge in [-0.3, -0.25) is 19.9 Å². The number of nitrogens with one attached hydrogen (secondary N) is 3. The minimum atomic E-state index is -3.78. The fourth-order valence-corrected chi connectivity index (χ4v) is 5.25. The Kier molecular flexibility index (Phi) is 8.33. The number of likely N-dealkylation sites (N-methyl/N-ethyl adjacent to an activating group) is 1. The molecule has 0 unspecified atom stereocenters. The van der Waals surface area contributed by atoms with Gasteiger partial charge in [0.05, 0.1) is 15.5 Å². The molecule has 37 heavy (non-hydrogen) atoms. The summed E-state index contributed by atoms with van der Waals surface area (Å²) in [5.74, 6) is -0.0536. The van der Waals surface area contributed by atoms with Gasteiger partial charge in [0, 0.05) is 48.9 Å². The van der Waals surface area contributed by atoms with Gasteiger partial charge in [-0.15, -0.1) is 0 Å². The van der Waals surface area contributed by atoms with E-state index in [1.807, 2.05) is 19.0 Å². The predicted molar refractivity (Wildman–Crippen MR) is 141 cm³/mol. The Balaban J connectivity index is 1.45. The number of benzene rings is 1. The van der Waals surface area contributed by atoms with Crippen molar-refractivity contribution in [3.63, 3.8) is 0 Å². The van der Waals surface area contributed by atoms with E-state index in [0.29, 0.717) is 24.2 Å². The minimum Gasteiger partial charge on any atom is -0.476 e. The van der Waals surface area contributed by atoms with Gasteiger partial charge in [0.25, 0.3) is 11.1 Å². The van der Waals surface area contributed by atoms with E-state index in [9.17, 15) is 18.0 Å². The Labute approximate surface area is 218 Å². The third kappa shape index (κ3) is 7.01. The molecule has 1 aliphatic heterocycles. The third-order valence-corrected chi connectivity index (χ3v) is 7.39. The summed E-state index contributed by atoms with van der Waals surface area (Å²) >= 11 is 0.777. The van der Waals surface area contributed by atoms with Crippen molar-refractivity contribution >= 4 is 55.7 Å². The van der Waals surface area contributed by atoms with Crippen molar-refractivity contribution < 1.29 is 22.7 Å². The van der Waals surface area contributed by atoms with Crippen molar-refractivity contribution in [3.05, 3.63) is 53.3 Å². The smallest absolute Gasteiger partial charge is 0.290 e. The first kappa shape index (κ1) is 26.5. The molecule has 3 aromatic rings. The van der Waals surface area contributed by atoms with E-state index in [1.165, 1.54) is 12.1 Å². The number of ether oxygens (including phenoxy) is 1. The highest BCUT2D eigenvalue weighted by Gasteiger charge is 2.25. The first-order valence-electron chi connectivity index (χ1n) is 11.2. The number of aromatic nitrogens is 3. The Hall–Kier alpha value is -3.59. The Bertz CT molecular complexity index is 1460. The summed E-state index contributed by atoms with van der Waals surface area (Å²) < 4.78 is 34.1. The van der Waals surface area contributed by atoms with Crippen molar-refractivity contribution in [1.82, 2.24) is 29.9 Å². The molecular weight excluding hydrogens is 518 g/mol. The first-order valence-corrected chi connectivity index (χ1v) is 13.5. The van der Waals surface area contributed by atoms with E-state index in [4.69, 9.17) is 4.74 Å². The first-order chi connectivity index (χ1) is 17.7. The molecule has 3 heterocycles. The highest BCUT2D eigenvalue weighted by molar-refractivity contribution is 8.18. The summed E-state index contributed by atoms with van der Waals surface area (Å²) in [6.07, 6.45) is 4.62. The number of fused-ring (bicyclic) bond motifs is 1. The summed E-state index contributed by atoms with van der Waals surface area (Å²) in [5, 5.41) is 6.02. The SMILES string of the molecule is CN(C)CCOc1cc(/C=C2\SC(=O)NC2=O)nc(NCCNS(=O)(=O)c2cccc3cnccc23)n1. The zero-order valence-corrected chi connectivity index (χ0v) is 21.7. The molecule has 1 fully saturated rings. The fourth-order valence-electron chi connectivity index (χ4n) is 3.32. The molecule has 0 bridgehead atoms. The molecule has 0 spiro atoms. The molecule has 0 atom stereocenters. The van der Waals surface area contributed by atoms with Crippen molar-refractivity contribution in [2.45, 2.75) is 4.90 Å². The zero-order chi connectivity index (χ0) is 26.4. The molecule has 0 radical (unpaired) electrons. The molecule has 194 valence electrons. The molecule has 4 rings (SSSR count). The summed E-state index contributed by atoms with van der Waals surface area (Å²) in [6, 6.07) is 8.22. The standard InChI is InChI=1S/C23H25N7O5S2/c1-30(2)10-11-35-20-13-16(12-18-21(31)29-23(32)36-18)27-22(28-20)25-8-9-26-37(33,34)19-5-3-4-15-14-24-7-6-17(15)19/h3-7,12-14,26H,8-11H2,1-2H3,(H,25,27,28)(H,29,31,32)/b18-12-. The number of anilines is 1. The maximum Gasteiger partial charge on any atom is 0.290 e. The number of rotatable bonds is 11. The maximum atomic E-state index is 12.9. The normalized spacial score (nSPS) is 14.9. The molecule has 1 aliphatic rings. The number of sulfonamides is 1. The number of carbonyl (C=O) groups excluding carboxylic acids is 2. The van der Waals surface area contributed by atoms with Gasteiger partial charge in [0.1, 0.15) is 6.61 Å². The van der Waals surface area contributed by atoms with Gasteiger partial charge < -0.3 is 15.0 Å². The topological polar surface area (TPSA) is 156 Å². The van der Waals surface area contributed by atoms with Crippen LogP contribution in [0.2, 0.25) is 0 Å². The quantitative estimate of drug-likeness (QED) is 0.239. The molecule has 1 aromatic carbocycles. The predicted octanol–water partition coefficient (Wildman–Crippen LogP) is 1.68. The van der Waals surface area contributed by atoms with Crippen LogP contribution in [-0.4, -0.2) is 79.8 Å². The van der Waals surface area contributed by atoms with Crippen LogP contribution in [0.25, 0.3) is 16.8 Å². The Morgan fingerprint density at radius 3 is 2.76 bits per heavy atom. The molecule has 12 nitrogen and oxygen atoms in total. The van der Waals surface area contributed by atoms with Crippen molar-refractivity contribution in [3.8, 4) is 5.88 Å². The van der Waals surface area contributed by atoms with Gasteiger partial charge in [0.15, 0.2) is 0 Å². The van der Waals surface area contributed by atoms with Crippen LogP contribution in [0, 0.1) is 0 Å². The number of carbonyl (C=O) groups is 2. The molecule has 3 N–H and O–H groups in total. The van der Waals surface area contributed by atoms with E-state index >= 15 is 0 Å². The Morgan fingerprint density at radius 2 is 2.00 bits per heavy atom. The Morgan fingerprint density at radius 1 is 1.16 bits per heavy atom. The number of hydrogen-bond donors (Lipinski definition) is 3. The van der Waals surface area contributed by atoms with E-state index in [2.05, 4.69) is 30.3 Å². The molecular formula is C23H25N7O5S2. The van der Waals surface area contributed by atoms with Gasteiger partial charge in [0.2, 0.25) is 21.9 Å². The van der Waals surface area contributed by atoms with Crippen molar-refractivity contribution in [2.75, 3.05) is 45.7 Å². The highest BCUT2D eigenvalue weighted by atomic mass is 32.2. The maximum absolute atomic E-state index is 12.9. The van der Waals surface area contributed by atoms with E-state index in [-0.39, 0.29) is 34.7 Å². The molecule has 2 aromatic heterocycles. The lowest BCUT2D eigenvalue weighted by molar-refractivity contribution is -0.115. The van der Waals surface area contributed by atoms with Crippen LogP contribution < -0.4 is 20.1 Å². The van der Waals surface area contributed by atoms with Crippen LogP contribution in [0.3, 0.4) is 0 Å². The largest absolute Gasteiger partial charge is 0.476 e. The lowest BCUT2D eigenvalue weighted by Crippen LogP contribution is -2.29. The second-order valence-corrected chi connectivity index (χ2v) is 10.9. The second-order valence-electron chi connectivity index (χ2n) is 8.14. The van der Waals surface area contributed by atoms with Crippen LogP contribution in [-0.2, 0) is 14.8 Å². The van der Waals surface area contributed by atoms with Gasteiger partial charge >= 0.3 is 0 Å². The van der Waals surface area contributed by atoms with Gasteiger partial charge in [-0.1, -0.05) is 12.1 Å². The van der Waals surface area contributed by atoms with E-state index in [0.717, 1.165) is 17.1 Å². The summed E-state index contributed by atoms with van der Waals surface area (Å²) in [6.45, 7) is 1.26. The fraction of sp³-hybridized carbons (Fsp3) is 0.261. The average molecular weight is 544 g/mol. The van der Waals surface area contributed by atoms with Gasteiger partial charge in [-0.2, -0.15) is 4.98 Å². The summed E-state index contributed by atoms with van der Waals surface area (Å²) in [5.41, 5.74) is 0.356.